The minimum absolute atomic E-state index is 0.113. The first-order valence-electron chi connectivity index (χ1n) is 6.38. The second-order valence-corrected chi connectivity index (χ2v) is 9.28. The van der Waals surface area contributed by atoms with Crippen molar-refractivity contribution in [3.63, 3.8) is 0 Å². The van der Waals surface area contributed by atoms with Gasteiger partial charge in [-0.05, 0) is 0 Å². The maximum atomic E-state index is 5.79. The van der Waals surface area contributed by atoms with Gasteiger partial charge in [0.25, 0.3) is 0 Å². The van der Waals surface area contributed by atoms with Crippen molar-refractivity contribution in [2.75, 3.05) is 12.0 Å². The van der Waals surface area contributed by atoms with Crippen LogP contribution in [0.3, 0.4) is 0 Å². The number of benzene rings is 1. The van der Waals surface area contributed by atoms with Crippen LogP contribution in [0.1, 0.15) is 11.6 Å². The highest BCUT2D eigenvalue weighted by Crippen LogP contribution is 2.40. The lowest BCUT2D eigenvalue weighted by Gasteiger charge is -2.15. The van der Waals surface area contributed by atoms with Gasteiger partial charge in [0.05, 0.1) is 12.0 Å². The molecule has 0 spiro atoms. The minimum atomic E-state index is -1.85. The molecule has 0 bridgehead atoms. The number of halogens is 8. The van der Waals surface area contributed by atoms with Gasteiger partial charge < -0.3 is 0 Å². The first kappa shape index (κ1) is 23.5. The second kappa shape index (κ2) is 10.7. The average molecular weight is 506 g/mol. The first-order chi connectivity index (χ1) is 11.6. The molecule has 0 saturated heterocycles. The van der Waals surface area contributed by atoms with Gasteiger partial charge in [0.15, 0.2) is 17.5 Å². The Morgan fingerprint density at radius 3 is 1.48 bits per heavy atom. The third-order valence-electron chi connectivity index (χ3n) is 2.36. The van der Waals surface area contributed by atoms with Gasteiger partial charge in [0.2, 0.25) is 7.59 Å². The molecule has 25 heavy (non-hydrogen) atoms. The van der Waals surface area contributed by atoms with Gasteiger partial charge in [-0.15, -0.1) is 23.2 Å². The Kier molecular flexibility index (Phi) is 10.1. The Morgan fingerprint density at radius 1 is 0.720 bits per heavy atom. The Balaban J connectivity index is 0.000000550. The van der Waals surface area contributed by atoms with E-state index in [1.807, 2.05) is 18.2 Å². The summed E-state index contributed by atoms with van der Waals surface area (Å²) in [6, 6.07) is 9.88. The van der Waals surface area contributed by atoms with Crippen LogP contribution >= 0.6 is 92.8 Å². The predicted molar refractivity (Wildman–Crippen MR) is 108 cm³/mol. The molecule has 0 aliphatic carbocycles. The summed E-state index contributed by atoms with van der Waals surface area (Å²) < 4.78 is -3.70. The molecule has 0 saturated carbocycles. The molecule has 1 aromatic carbocycles. The first-order valence-corrected chi connectivity index (χ1v) is 9.71. The molecule has 0 unspecified atom stereocenters. The molecule has 0 radical (unpaired) electrons. The van der Waals surface area contributed by atoms with Crippen LogP contribution in [0.2, 0.25) is 0 Å². The Labute approximate surface area is 185 Å². The summed E-state index contributed by atoms with van der Waals surface area (Å²) >= 11 is 44.9. The molecule has 138 valence electrons. The summed E-state index contributed by atoms with van der Waals surface area (Å²) in [5, 5.41) is 2.64. The molecule has 0 aliphatic heterocycles. The highest BCUT2D eigenvalue weighted by molar-refractivity contribution is 6.67. The van der Waals surface area contributed by atoms with E-state index in [-0.39, 0.29) is 17.5 Å². The van der Waals surface area contributed by atoms with Crippen molar-refractivity contribution in [2.45, 2.75) is 7.59 Å². The SMILES string of the molecule is ClC(Cl)(Cl)c1nc(-c2ccccc2)nc(C(Cl)(Cl)Cl)n1.ClCNCCl. The summed E-state index contributed by atoms with van der Waals surface area (Å²) in [5.74, 6) is 0.0265. The minimum Gasteiger partial charge on any atom is -0.291 e. The number of nitrogens with zero attached hydrogens (tertiary/aromatic N) is 3. The van der Waals surface area contributed by atoms with Gasteiger partial charge in [-0.1, -0.05) is 99.9 Å². The smallest absolute Gasteiger partial charge is 0.250 e. The standard InChI is InChI=1S/C11H5Cl6N3.C2H5Cl2N/c12-10(13,14)8-18-7(6-4-2-1-3-5-6)19-9(20-8)11(15,16)17;3-1-5-2-4/h1-5H;5H,1-2H2. The van der Waals surface area contributed by atoms with Crippen molar-refractivity contribution >= 4 is 92.8 Å². The lowest BCUT2D eigenvalue weighted by molar-refractivity contribution is 0.851. The molecule has 1 N–H and O–H groups in total. The van der Waals surface area contributed by atoms with Crippen molar-refractivity contribution in [1.82, 2.24) is 20.3 Å². The third-order valence-corrected chi connectivity index (χ3v) is 3.76. The van der Waals surface area contributed by atoms with Gasteiger partial charge in [-0.2, -0.15) is 0 Å². The summed E-state index contributed by atoms with van der Waals surface area (Å²) in [7, 11) is 0. The molecule has 2 rings (SSSR count). The number of aromatic nitrogens is 3. The maximum absolute atomic E-state index is 5.79. The van der Waals surface area contributed by atoms with Crippen LogP contribution in [-0.2, 0) is 7.59 Å². The van der Waals surface area contributed by atoms with Crippen LogP contribution in [0.15, 0.2) is 30.3 Å². The lowest BCUT2D eigenvalue weighted by Crippen LogP contribution is -2.16. The van der Waals surface area contributed by atoms with Crippen molar-refractivity contribution in [3.8, 4) is 11.4 Å². The highest BCUT2D eigenvalue weighted by atomic mass is 35.6. The molecule has 12 heteroatoms. The molecule has 1 heterocycles. The summed E-state index contributed by atoms with van der Waals surface area (Å²) in [5.41, 5.74) is 0.681. The summed E-state index contributed by atoms with van der Waals surface area (Å²) in [4.78, 5) is 12.1. The van der Waals surface area contributed by atoms with E-state index in [2.05, 4.69) is 20.3 Å². The van der Waals surface area contributed by atoms with Crippen LogP contribution in [-0.4, -0.2) is 27.0 Å². The third kappa shape index (κ3) is 8.37. The van der Waals surface area contributed by atoms with E-state index < -0.39 is 7.59 Å². The fraction of sp³-hybridized carbons (Fsp3) is 0.308. The number of nitrogens with one attached hydrogen (secondary N) is 1. The number of hydrogen-bond donors (Lipinski definition) is 1. The fourth-order valence-corrected chi connectivity index (χ4v) is 2.17. The largest absolute Gasteiger partial charge is 0.291 e. The van der Waals surface area contributed by atoms with Crippen LogP contribution in [0.5, 0.6) is 0 Å². The maximum Gasteiger partial charge on any atom is 0.250 e. The van der Waals surface area contributed by atoms with Gasteiger partial charge >= 0.3 is 0 Å². The molecule has 0 aliphatic rings. The number of rotatable bonds is 3. The van der Waals surface area contributed by atoms with E-state index in [4.69, 9.17) is 92.8 Å². The summed E-state index contributed by atoms with van der Waals surface area (Å²) in [6.07, 6.45) is 0. The quantitative estimate of drug-likeness (QED) is 0.401. The van der Waals surface area contributed by atoms with E-state index in [1.54, 1.807) is 12.1 Å². The van der Waals surface area contributed by atoms with Crippen molar-refractivity contribution in [3.05, 3.63) is 42.0 Å². The van der Waals surface area contributed by atoms with Crippen molar-refractivity contribution in [2.24, 2.45) is 0 Å². The zero-order chi connectivity index (χ0) is 19.1. The summed E-state index contributed by atoms with van der Waals surface area (Å²) in [6.45, 7) is 0. The molecule has 0 atom stereocenters. The van der Waals surface area contributed by atoms with Crippen LogP contribution in [0, 0.1) is 0 Å². The Morgan fingerprint density at radius 2 is 1.16 bits per heavy atom. The van der Waals surface area contributed by atoms with Gasteiger partial charge in [0, 0.05) is 5.56 Å². The Hall–Kier alpha value is 0.510. The average Bonchev–Trinajstić information content (AvgIpc) is 2.55. The van der Waals surface area contributed by atoms with Crippen molar-refractivity contribution < 1.29 is 0 Å². The zero-order valence-corrected chi connectivity index (χ0v) is 18.2. The van der Waals surface area contributed by atoms with E-state index in [1.165, 1.54) is 0 Å². The predicted octanol–water partition coefficient (Wildman–Crippen LogP) is 6.16. The number of alkyl halides is 8. The lowest BCUT2D eigenvalue weighted by atomic mass is 10.2. The van der Waals surface area contributed by atoms with E-state index in [0.717, 1.165) is 0 Å². The van der Waals surface area contributed by atoms with Gasteiger partial charge in [0.1, 0.15) is 0 Å². The van der Waals surface area contributed by atoms with Crippen LogP contribution in [0.4, 0.5) is 0 Å². The van der Waals surface area contributed by atoms with E-state index in [9.17, 15) is 0 Å². The molecular formula is C13H10Cl8N4. The number of hydrogen-bond acceptors (Lipinski definition) is 4. The van der Waals surface area contributed by atoms with E-state index >= 15 is 0 Å². The molecule has 2 aromatic rings. The normalized spacial score (nSPS) is 11.7. The topological polar surface area (TPSA) is 50.7 Å². The van der Waals surface area contributed by atoms with Gasteiger partial charge in [-0.25, -0.2) is 15.0 Å². The zero-order valence-electron chi connectivity index (χ0n) is 12.2. The van der Waals surface area contributed by atoms with Crippen LogP contribution in [0.25, 0.3) is 11.4 Å². The van der Waals surface area contributed by atoms with Crippen LogP contribution < -0.4 is 5.32 Å². The monoisotopic (exact) mass is 502 g/mol. The van der Waals surface area contributed by atoms with E-state index in [0.29, 0.717) is 17.6 Å². The molecule has 1 aromatic heterocycles. The molecular weight excluding hydrogens is 496 g/mol. The molecule has 4 nitrogen and oxygen atoms in total. The highest BCUT2D eigenvalue weighted by Gasteiger charge is 2.33. The fourth-order valence-electron chi connectivity index (χ4n) is 1.38. The molecule has 0 amide bonds. The molecule has 0 fully saturated rings. The van der Waals surface area contributed by atoms with Gasteiger partial charge in [-0.3, -0.25) is 5.32 Å². The second-order valence-electron chi connectivity index (χ2n) is 4.19. The Bertz CT molecular complexity index is 623. The van der Waals surface area contributed by atoms with Crippen molar-refractivity contribution in [1.29, 1.82) is 0 Å².